The Morgan fingerprint density at radius 3 is 2.75 bits per heavy atom. The first-order valence-electron chi connectivity index (χ1n) is 3.32. The SMILES string of the molecule is Cc1noc(-c2ccc(Br)o2)n1. The molecule has 0 fully saturated rings. The third-order valence-corrected chi connectivity index (χ3v) is 1.74. The lowest BCUT2D eigenvalue weighted by Crippen LogP contribution is -1.73. The molecule has 2 aromatic rings. The third-order valence-electron chi connectivity index (χ3n) is 1.31. The molecule has 0 radical (unpaired) electrons. The predicted octanol–water partition coefficient (Wildman–Crippen LogP) is 2.40. The van der Waals surface area contributed by atoms with Crippen LogP contribution in [0.4, 0.5) is 0 Å². The number of hydrogen-bond acceptors (Lipinski definition) is 4. The van der Waals surface area contributed by atoms with E-state index in [0.29, 0.717) is 22.1 Å². The summed E-state index contributed by atoms with van der Waals surface area (Å²) in [6, 6.07) is 3.53. The van der Waals surface area contributed by atoms with Crippen molar-refractivity contribution in [2.24, 2.45) is 0 Å². The minimum absolute atomic E-state index is 0.401. The van der Waals surface area contributed by atoms with Crippen LogP contribution in [0.3, 0.4) is 0 Å². The van der Waals surface area contributed by atoms with Gasteiger partial charge in [-0.1, -0.05) is 5.16 Å². The van der Waals surface area contributed by atoms with Crippen LogP contribution >= 0.6 is 15.9 Å². The lowest BCUT2D eigenvalue weighted by Gasteiger charge is -1.82. The Hall–Kier alpha value is -1.10. The Kier molecular flexibility index (Phi) is 1.73. The van der Waals surface area contributed by atoms with Crippen LogP contribution in [0.15, 0.2) is 25.7 Å². The molecule has 0 saturated carbocycles. The van der Waals surface area contributed by atoms with Gasteiger partial charge in [-0.25, -0.2) is 0 Å². The molecule has 0 bridgehead atoms. The van der Waals surface area contributed by atoms with Gasteiger partial charge in [0.05, 0.1) is 0 Å². The van der Waals surface area contributed by atoms with Crippen LogP contribution in [0.1, 0.15) is 5.82 Å². The normalized spacial score (nSPS) is 10.5. The summed E-state index contributed by atoms with van der Waals surface area (Å²) in [5, 5.41) is 3.64. The van der Waals surface area contributed by atoms with Crippen molar-refractivity contribution in [3.63, 3.8) is 0 Å². The maximum absolute atomic E-state index is 5.20. The zero-order chi connectivity index (χ0) is 8.55. The summed E-state index contributed by atoms with van der Waals surface area (Å²) in [5.41, 5.74) is 0. The second-order valence-electron chi connectivity index (χ2n) is 2.25. The van der Waals surface area contributed by atoms with Gasteiger partial charge in [0, 0.05) is 0 Å². The number of rotatable bonds is 1. The van der Waals surface area contributed by atoms with Crippen molar-refractivity contribution in [1.82, 2.24) is 10.1 Å². The average Bonchev–Trinajstić information content (AvgIpc) is 2.58. The van der Waals surface area contributed by atoms with E-state index < -0.39 is 0 Å². The highest BCUT2D eigenvalue weighted by Gasteiger charge is 2.09. The van der Waals surface area contributed by atoms with E-state index in [1.165, 1.54) is 0 Å². The highest BCUT2D eigenvalue weighted by atomic mass is 79.9. The van der Waals surface area contributed by atoms with Crippen molar-refractivity contribution >= 4 is 15.9 Å². The van der Waals surface area contributed by atoms with Crippen molar-refractivity contribution in [2.75, 3.05) is 0 Å². The minimum Gasteiger partial charge on any atom is -0.444 e. The third kappa shape index (κ3) is 1.27. The van der Waals surface area contributed by atoms with E-state index >= 15 is 0 Å². The molecule has 0 N–H and O–H groups in total. The first-order valence-corrected chi connectivity index (χ1v) is 4.11. The zero-order valence-corrected chi connectivity index (χ0v) is 7.83. The molecule has 0 unspecified atom stereocenters. The number of aromatic nitrogens is 2. The molecule has 0 aliphatic heterocycles. The van der Waals surface area contributed by atoms with Gasteiger partial charge in [-0.2, -0.15) is 4.98 Å². The van der Waals surface area contributed by atoms with Crippen LogP contribution in [0.2, 0.25) is 0 Å². The van der Waals surface area contributed by atoms with Crippen molar-refractivity contribution < 1.29 is 8.94 Å². The fraction of sp³-hybridized carbons (Fsp3) is 0.143. The monoisotopic (exact) mass is 228 g/mol. The van der Waals surface area contributed by atoms with E-state index in [0.717, 1.165) is 0 Å². The van der Waals surface area contributed by atoms with E-state index in [2.05, 4.69) is 26.1 Å². The molecule has 0 aliphatic carbocycles. The van der Waals surface area contributed by atoms with E-state index in [4.69, 9.17) is 8.94 Å². The molecule has 2 aromatic heterocycles. The molecule has 62 valence electrons. The van der Waals surface area contributed by atoms with Crippen LogP contribution in [0.25, 0.3) is 11.7 Å². The smallest absolute Gasteiger partial charge is 0.293 e. The van der Waals surface area contributed by atoms with Crippen LogP contribution in [-0.4, -0.2) is 10.1 Å². The average molecular weight is 229 g/mol. The van der Waals surface area contributed by atoms with Gasteiger partial charge in [-0.3, -0.25) is 0 Å². The van der Waals surface area contributed by atoms with Crippen LogP contribution < -0.4 is 0 Å². The Morgan fingerprint density at radius 1 is 1.42 bits per heavy atom. The lowest BCUT2D eigenvalue weighted by molar-refractivity contribution is 0.409. The van der Waals surface area contributed by atoms with E-state index in [1.54, 1.807) is 19.1 Å². The van der Waals surface area contributed by atoms with Gasteiger partial charge < -0.3 is 8.94 Å². The molecule has 0 spiro atoms. The summed E-state index contributed by atoms with van der Waals surface area (Å²) in [7, 11) is 0. The van der Waals surface area contributed by atoms with Crippen molar-refractivity contribution in [2.45, 2.75) is 6.92 Å². The fourth-order valence-electron chi connectivity index (χ4n) is 0.826. The van der Waals surface area contributed by atoms with Crippen LogP contribution in [-0.2, 0) is 0 Å². The van der Waals surface area contributed by atoms with Gasteiger partial charge in [0.2, 0.25) is 0 Å². The maximum atomic E-state index is 5.20. The molecule has 2 rings (SSSR count). The molecule has 12 heavy (non-hydrogen) atoms. The molecule has 0 atom stereocenters. The fourth-order valence-corrected chi connectivity index (χ4v) is 1.13. The molecule has 2 heterocycles. The highest BCUT2D eigenvalue weighted by molar-refractivity contribution is 9.10. The summed E-state index contributed by atoms with van der Waals surface area (Å²) < 4.78 is 10.7. The quantitative estimate of drug-likeness (QED) is 0.753. The molecule has 0 amide bonds. The first-order chi connectivity index (χ1) is 5.75. The largest absolute Gasteiger partial charge is 0.444 e. The lowest BCUT2D eigenvalue weighted by atomic mass is 10.4. The predicted molar refractivity (Wildman–Crippen MR) is 44.4 cm³/mol. The second kappa shape index (κ2) is 2.75. The Morgan fingerprint density at radius 2 is 2.25 bits per heavy atom. The molecular weight excluding hydrogens is 224 g/mol. The Balaban J connectivity index is 2.43. The molecular formula is C7H5BrN2O2. The van der Waals surface area contributed by atoms with Gasteiger partial charge in [0.1, 0.15) is 0 Å². The Labute approximate surface area is 76.7 Å². The van der Waals surface area contributed by atoms with E-state index in [1.807, 2.05) is 0 Å². The van der Waals surface area contributed by atoms with Gasteiger partial charge in [0.15, 0.2) is 16.3 Å². The summed E-state index contributed by atoms with van der Waals surface area (Å²) >= 11 is 3.18. The number of hydrogen-bond donors (Lipinski definition) is 0. The number of furan rings is 1. The van der Waals surface area contributed by atoms with Gasteiger partial charge >= 0.3 is 0 Å². The van der Waals surface area contributed by atoms with Crippen molar-refractivity contribution in [3.05, 3.63) is 22.6 Å². The Bertz CT molecular complexity index is 355. The van der Waals surface area contributed by atoms with Gasteiger partial charge in [-0.15, -0.1) is 0 Å². The number of aryl methyl sites for hydroxylation is 1. The zero-order valence-electron chi connectivity index (χ0n) is 6.24. The summed E-state index contributed by atoms with van der Waals surface area (Å²) in [6.07, 6.45) is 0. The van der Waals surface area contributed by atoms with Crippen LogP contribution in [0, 0.1) is 6.92 Å². The van der Waals surface area contributed by atoms with Gasteiger partial charge in [0.25, 0.3) is 5.89 Å². The standard InChI is InChI=1S/C7H5BrN2O2/c1-4-9-7(12-10-4)5-2-3-6(8)11-5/h2-3H,1H3. The van der Waals surface area contributed by atoms with E-state index in [9.17, 15) is 0 Å². The molecule has 5 heteroatoms. The van der Waals surface area contributed by atoms with Crippen molar-refractivity contribution in [1.29, 1.82) is 0 Å². The molecule has 0 aromatic carbocycles. The first kappa shape index (κ1) is 7.54. The summed E-state index contributed by atoms with van der Waals surface area (Å²) in [6.45, 7) is 1.75. The number of nitrogens with zero attached hydrogens (tertiary/aromatic N) is 2. The summed E-state index contributed by atoms with van der Waals surface area (Å²) in [5.74, 6) is 1.57. The highest BCUT2D eigenvalue weighted by Crippen LogP contribution is 2.22. The topological polar surface area (TPSA) is 52.1 Å². The number of halogens is 1. The summed E-state index contributed by atoms with van der Waals surface area (Å²) in [4.78, 5) is 4.00. The minimum atomic E-state index is 0.401. The van der Waals surface area contributed by atoms with Gasteiger partial charge in [-0.05, 0) is 35.0 Å². The maximum Gasteiger partial charge on any atom is 0.293 e. The molecule has 0 saturated heterocycles. The van der Waals surface area contributed by atoms with E-state index in [-0.39, 0.29) is 0 Å². The molecule has 0 aliphatic rings. The molecule has 4 nitrogen and oxygen atoms in total. The second-order valence-corrected chi connectivity index (χ2v) is 3.03. The van der Waals surface area contributed by atoms with Crippen LogP contribution in [0.5, 0.6) is 0 Å². The van der Waals surface area contributed by atoms with Crippen molar-refractivity contribution in [3.8, 4) is 11.7 Å².